The molecule has 0 saturated carbocycles. The van der Waals surface area contributed by atoms with E-state index in [4.69, 9.17) is 27.7 Å². The van der Waals surface area contributed by atoms with Crippen LogP contribution < -0.4 is 10.9 Å². The fourth-order valence-corrected chi connectivity index (χ4v) is 6.98. The fourth-order valence-electron chi connectivity index (χ4n) is 5.41. The van der Waals surface area contributed by atoms with E-state index < -0.39 is 44.2 Å². The molecule has 3 heterocycles. The van der Waals surface area contributed by atoms with Gasteiger partial charge in [-0.2, -0.15) is 0 Å². The first-order valence-electron chi connectivity index (χ1n) is 14.7. The van der Waals surface area contributed by atoms with E-state index in [2.05, 4.69) is 96.4 Å². The predicted octanol–water partition coefficient (Wildman–Crippen LogP) is 5.66. The summed E-state index contributed by atoms with van der Waals surface area (Å²) in [5, 5.41) is 2.10. The third kappa shape index (κ3) is 5.46. The summed E-state index contributed by atoms with van der Waals surface area (Å²) in [5.74, 6) is 0. The number of aryl methyl sites for hydroxylation is 1. The van der Waals surface area contributed by atoms with Crippen molar-refractivity contribution in [2.24, 2.45) is 0 Å². The number of rotatable bonds is 9. The minimum atomic E-state index is -3.23. The molecule has 2 aromatic carbocycles. The number of hydrogen-bond acceptors (Lipinski definition) is 7. The Balaban J connectivity index is 1.60. The van der Waals surface area contributed by atoms with Gasteiger partial charge in [-0.1, -0.05) is 24.3 Å². The van der Waals surface area contributed by atoms with Crippen molar-refractivity contribution in [1.29, 1.82) is 0 Å². The fraction of sp³-hybridized carbons (Fsp3) is 0.600. The van der Waals surface area contributed by atoms with Gasteiger partial charge < -0.3 is 32.2 Å². The van der Waals surface area contributed by atoms with E-state index in [1.165, 1.54) is 0 Å². The zero-order valence-corrected chi connectivity index (χ0v) is 27.1. The molecule has 0 radical (unpaired) electrons. The summed E-state index contributed by atoms with van der Waals surface area (Å²) in [5.41, 5.74) is 2.18. The van der Waals surface area contributed by atoms with Crippen LogP contribution >= 0.6 is 7.60 Å². The van der Waals surface area contributed by atoms with E-state index in [0.717, 1.165) is 32.7 Å². The molecule has 0 atom stereocenters. The van der Waals surface area contributed by atoms with Crippen LogP contribution in [0.15, 0.2) is 36.4 Å². The summed E-state index contributed by atoms with van der Waals surface area (Å²) < 4.78 is 52.2. The lowest BCUT2D eigenvalue weighted by molar-refractivity contribution is 0.00578. The lowest BCUT2D eigenvalue weighted by Gasteiger charge is -2.32. The first-order valence-corrected chi connectivity index (χ1v) is 16.4. The van der Waals surface area contributed by atoms with Crippen LogP contribution in [0.25, 0.3) is 21.8 Å². The highest BCUT2D eigenvalue weighted by molar-refractivity contribution is 7.53. The second kappa shape index (κ2) is 10.5. The molecule has 2 aliphatic heterocycles. The molecule has 0 amide bonds. The molecular weight excluding hydrogens is 539 g/mol. The number of benzene rings is 2. The maximum Gasteiger partial charge on any atom is 0.494 e. The largest absolute Gasteiger partial charge is 0.494 e. The van der Waals surface area contributed by atoms with Gasteiger partial charge in [-0.05, 0) is 92.3 Å². The second-order valence-electron chi connectivity index (χ2n) is 13.1. The number of nitrogens with zero attached hydrogens (tertiary/aromatic N) is 1. The van der Waals surface area contributed by atoms with Crippen LogP contribution in [0.5, 0.6) is 0 Å². The van der Waals surface area contributed by atoms with Crippen molar-refractivity contribution in [2.75, 3.05) is 19.4 Å². The molecule has 0 N–H and O–H groups in total. The first-order chi connectivity index (χ1) is 19.0. The summed E-state index contributed by atoms with van der Waals surface area (Å²) in [6.07, 6.45) is 0.269. The zero-order chi connectivity index (χ0) is 30.0. The Morgan fingerprint density at radius 3 is 1.39 bits per heavy atom. The second-order valence-corrected chi connectivity index (χ2v) is 15.2. The van der Waals surface area contributed by atoms with Gasteiger partial charge in [0.25, 0.3) is 0 Å². The van der Waals surface area contributed by atoms with Crippen molar-refractivity contribution in [1.82, 2.24) is 4.57 Å². The Bertz CT molecular complexity index is 1360. The molecule has 1 aromatic heterocycles. The number of hydrogen-bond donors (Lipinski definition) is 0. The van der Waals surface area contributed by atoms with Gasteiger partial charge in [0.2, 0.25) is 0 Å². The van der Waals surface area contributed by atoms with E-state index in [1.807, 2.05) is 13.8 Å². The highest BCUT2D eigenvalue weighted by Crippen LogP contribution is 2.48. The van der Waals surface area contributed by atoms with Gasteiger partial charge in [0.1, 0.15) is 0 Å². The first kappa shape index (κ1) is 30.8. The van der Waals surface area contributed by atoms with Crippen molar-refractivity contribution in [3.05, 3.63) is 36.4 Å². The highest BCUT2D eigenvalue weighted by atomic mass is 31.2. The standard InChI is InChI=1S/C30H44B2NO7P/c1-11-35-41(34,36-12-2)18-17-33-25-15-13-21(31-37-27(3,4)28(5,6)38-31)19-23(25)24-20-22(14-16-26(24)33)32-39-29(7,8)30(9,10)40-32/h13-16,19-20H,11-12,17-18H2,1-10H3. The van der Waals surface area contributed by atoms with Crippen molar-refractivity contribution in [3.63, 3.8) is 0 Å². The van der Waals surface area contributed by atoms with E-state index in [1.54, 1.807) is 0 Å². The minimum Gasteiger partial charge on any atom is -0.399 e. The Morgan fingerprint density at radius 1 is 0.683 bits per heavy atom. The molecular formula is C30H44B2NO7P. The molecule has 2 aliphatic rings. The smallest absolute Gasteiger partial charge is 0.399 e. The van der Waals surface area contributed by atoms with Gasteiger partial charge in [-0.25, -0.2) is 0 Å². The molecule has 222 valence electrons. The summed E-state index contributed by atoms with van der Waals surface area (Å²) in [7, 11) is -4.19. The van der Waals surface area contributed by atoms with Crippen LogP contribution in [-0.2, 0) is 38.8 Å². The van der Waals surface area contributed by atoms with E-state index in [-0.39, 0.29) is 6.16 Å². The quantitative estimate of drug-likeness (QED) is 0.238. The molecule has 0 bridgehead atoms. The Kier molecular flexibility index (Phi) is 7.90. The summed E-state index contributed by atoms with van der Waals surface area (Å²) in [6.45, 7) is 21.3. The average Bonchev–Trinajstić information content (AvgIpc) is 3.39. The van der Waals surface area contributed by atoms with Crippen LogP contribution in [0.4, 0.5) is 0 Å². The molecule has 8 nitrogen and oxygen atoms in total. The van der Waals surface area contributed by atoms with Crippen molar-refractivity contribution in [3.8, 4) is 0 Å². The number of aromatic nitrogens is 1. The monoisotopic (exact) mass is 583 g/mol. The molecule has 2 fully saturated rings. The van der Waals surface area contributed by atoms with Crippen LogP contribution in [0.3, 0.4) is 0 Å². The van der Waals surface area contributed by atoms with Crippen molar-refractivity contribution >= 4 is 54.6 Å². The molecule has 5 rings (SSSR count). The van der Waals surface area contributed by atoms with E-state index >= 15 is 0 Å². The Labute approximate surface area is 245 Å². The summed E-state index contributed by atoms with van der Waals surface area (Å²) in [4.78, 5) is 0. The molecule has 0 aliphatic carbocycles. The minimum absolute atomic E-state index is 0.269. The Hall–Kier alpha value is -1.64. The van der Waals surface area contributed by atoms with Crippen LogP contribution in [0.1, 0.15) is 69.2 Å². The maximum absolute atomic E-state index is 13.4. The molecule has 2 saturated heterocycles. The lowest BCUT2D eigenvalue weighted by Crippen LogP contribution is -2.41. The van der Waals surface area contributed by atoms with Gasteiger partial charge in [-0.3, -0.25) is 4.57 Å². The summed E-state index contributed by atoms with van der Waals surface area (Å²) in [6, 6.07) is 12.6. The van der Waals surface area contributed by atoms with Gasteiger partial charge in [0.05, 0.1) is 41.8 Å². The molecule has 0 spiro atoms. The average molecular weight is 583 g/mol. The number of fused-ring (bicyclic) bond motifs is 3. The molecule has 41 heavy (non-hydrogen) atoms. The van der Waals surface area contributed by atoms with Crippen molar-refractivity contribution < 1.29 is 32.2 Å². The summed E-state index contributed by atoms with van der Waals surface area (Å²) >= 11 is 0. The van der Waals surface area contributed by atoms with E-state index in [0.29, 0.717) is 19.8 Å². The normalized spacial score (nSPS) is 21.4. The van der Waals surface area contributed by atoms with Gasteiger partial charge in [-0.15, -0.1) is 0 Å². The predicted molar refractivity (Wildman–Crippen MR) is 167 cm³/mol. The van der Waals surface area contributed by atoms with E-state index in [9.17, 15) is 4.57 Å². The third-order valence-corrected chi connectivity index (χ3v) is 11.3. The van der Waals surface area contributed by atoms with Gasteiger partial charge >= 0.3 is 21.8 Å². The molecule has 0 unspecified atom stereocenters. The topological polar surface area (TPSA) is 77.4 Å². The van der Waals surface area contributed by atoms with Crippen LogP contribution in [-0.4, -0.2) is 60.6 Å². The Morgan fingerprint density at radius 2 is 1.05 bits per heavy atom. The maximum atomic E-state index is 13.4. The van der Waals surface area contributed by atoms with Crippen molar-refractivity contribution in [2.45, 2.75) is 98.2 Å². The zero-order valence-electron chi connectivity index (χ0n) is 26.2. The molecule has 11 heteroatoms. The SMILES string of the molecule is CCOP(=O)(CCn1c2ccc(B3OC(C)(C)C(C)(C)O3)cc2c2cc(B3OC(C)(C)C(C)(C)O3)ccc21)OCC. The van der Waals surface area contributed by atoms with Gasteiger partial charge in [0, 0.05) is 28.4 Å². The van der Waals surface area contributed by atoms with Gasteiger partial charge in [0.15, 0.2) is 0 Å². The lowest BCUT2D eigenvalue weighted by atomic mass is 9.77. The highest BCUT2D eigenvalue weighted by Gasteiger charge is 2.53. The third-order valence-electron chi connectivity index (χ3n) is 9.21. The molecule has 3 aromatic rings. The van der Waals surface area contributed by atoms with Crippen LogP contribution in [0, 0.1) is 0 Å². The van der Waals surface area contributed by atoms with Crippen LogP contribution in [0.2, 0.25) is 0 Å².